The number of ether oxygens (including phenoxy) is 1. The molecule has 4 saturated carbocycles. The predicted octanol–water partition coefficient (Wildman–Crippen LogP) is 1.78. The average molecular weight is 327 g/mol. The summed E-state index contributed by atoms with van der Waals surface area (Å²) in [5.41, 5.74) is 0. The summed E-state index contributed by atoms with van der Waals surface area (Å²) in [4.78, 5) is 12.3. The zero-order valence-corrected chi connectivity index (χ0v) is 13.5. The van der Waals surface area contributed by atoms with Crippen molar-refractivity contribution in [2.75, 3.05) is 12.4 Å². The van der Waals surface area contributed by atoms with Crippen molar-refractivity contribution in [3.8, 4) is 0 Å². The minimum atomic E-state index is -4.21. The maximum Gasteiger partial charge on any atom is 0.309 e. The van der Waals surface area contributed by atoms with Gasteiger partial charge in [-0.2, -0.15) is 0 Å². The number of esters is 1. The van der Waals surface area contributed by atoms with Gasteiger partial charge in [0, 0.05) is 5.75 Å². The monoisotopic (exact) mass is 327 g/mol. The minimum absolute atomic E-state index is 0.0226. The Balaban J connectivity index is 1.32. The molecule has 0 spiro atoms. The fraction of sp³-hybridized carbons (Fsp3) is 0.938. The summed E-state index contributed by atoms with van der Waals surface area (Å²) in [6.07, 6.45) is 6.39. The summed E-state index contributed by atoms with van der Waals surface area (Å²) in [7, 11) is -4.21. The van der Waals surface area contributed by atoms with E-state index >= 15 is 0 Å². The Morgan fingerprint density at radius 3 is 2.50 bits per heavy atom. The first-order chi connectivity index (χ1) is 10.4. The van der Waals surface area contributed by atoms with Crippen LogP contribution >= 0.6 is 0 Å². The summed E-state index contributed by atoms with van der Waals surface area (Å²) in [5.74, 6) is 4.01. The van der Waals surface area contributed by atoms with Crippen LogP contribution in [0.3, 0.4) is 0 Å². The van der Waals surface area contributed by atoms with Gasteiger partial charge in [-0.15, -0.1) is 0 Å². The lowest BCUT2D eigenvalue weighted by Crippen LogP contribution is -2.36. The van der Waals surface area contributed by atoms with Gasteiger partial charge in [0.1, 0.15) is 0 Å². The van der Waals surface area contributed by atoms with E-state index in [2.05, 4.69) is 0 Å². The van der Waals surface area contributed by atoms with Gasteiger partial charge in [0.15, 0.2) is 0 Å². The molecule has 4 fully saturated rings. The van der Waals surface area contributed by atoms with Crippen LogP contribution in [-0.2, 0) is 19.6 Å². The summed E-state index contributed by atoms with van der Waals surface area (Å²) < 4.78 is 36.9. The highest BCUT2D eigenvalue weighted by atomic mass is 32.2. The molecule has 4 bridgehead atoms. The van der Waals surface area contributed by atoms with Crippen molar-refractivity contribution in [3.63, 3.8) is 0 Å². The predicted molar refractivity (Wildman–Crippen MR) is 77.7 cm³/mol. The first-order valence-electron chi connectivity index (χ1n) is 8.54. The second-order valence-corrected chi connectivity index (χ2v) is 9.30. The average Bonchev–Trinajstić information content (AvgIpc) is 3.18. The van der Waals surface area contributed by atoms with Crippen molar-refractivity contribution in [2.45, 2.75) is 38.5 Å². The van der Waals surface area contributed by atoms with E-state index in [1.807, 2.05) is 0 Å². The van der Waals surface area contributed by atoms with Crippen LogP contribution in [0.5, 0.6) is 0 Å². The highest BCUT2D eigenvalue weighted by Crippen LogP contribution is 2.68. The van der Waals surface area contributed by atoms with Crippen molar-refractivity contribution >= 4 is 16.1 Å². The molecular formula is C16H23O5S-. The van der Waals surface area contributed by atoms with Crippen LogP contribution in [0.15, 0.2) is 0 Å². The van der Waals surface area contributed by atoms with Crippen molar-refractivity contribution in [2.24, 2.45) is 41.4 Å². The molecule has 0 heterocycles. The molecule has 22 heavy (non-hydrogen) atoms. The molecule has 7 unspecified atom stereocenters. The molecule has 0 radical (unpaired) electrons. The van der Waals surface area contributed by atoms with Crippen LogP contribution in [0.1, 0.15) is 38.5 Å². The largest absolute Gasteiger partial charge is 0.748 e. The van der Waals surface area contributed by atoms with Gasteiger partial charge >= 0.3 is 5.97 Å². The Morgan fingerprint density at radius 1 is 1.05 bits per heavy atom. The summed E-state index contributed by atoms with van der Waals surface area (Å²) in [6, 6.07) is 0. The quantitative estimate of drug-likeness (QED) is 0.333. The molecule has 4 aliphatic rings. The van der Waals surface area contributed by atoms with Crippen molar-refractivity contribution in [1.82, 2.24) is 0 Å². The Hall–Kier alpha value is -0.620. The molecular weight excluding hydrogens is 304 g/mol. The first kappa shape index (κ1) is 14.9. The molecule has 4 aliphatic carbocycles. The van der Waals surface area contributed by atoms with E-state index < -0.39 is 15.9 Å². The molecule has 0 amide bonds. The molecule has 0 aromatic rings. The van der Waals surface area contributed by atoms with Gasteiger partial charge in [-0.25, -0.2) is 8.42 Å². The van der Waals surface area contributed by atoms with E-state index in [4.69, 9.17) is 4.74 Å². The topological polar surface area (TPSA) is 83.5 Å². The lowest BCUT2D eigenvalue weighted by molar-refractivity contribution is -0.152. The molecule has 4 rings (SSSR count). The fourth-order valence-corrected chi connectivity index (χ4v) is 6.82. The van der Waals surface area contributed by atoms with E-state index in [9.17, 15) is 17.8 Å². The normalized spacial score (nSPS) is 45.2. The van der Waals surface area contributed by atoms with E-state index in [-0.39, 0.29) is 24.9 Å². The highest BCUT2D eigenvalue weighted by molar-refractivity contribution is 7.85. The van der Waals surface area contributed by atoms with Crippen LogP contribution in [0.4, 0.5) is 0 Å². The second kappa shape index (κ2) is 5.20. The van der Waals surface area contributed by atoms with Crippen LogP contribution < -0.4 is 0 Å². The maximum absolute atomic E-state index is 12.3. The van der Waals surface area contributed by atoms with Gasteiger partial charge < -0.3 is 9.29 Å². The molecule has 0 aromatic heterocycles. The van der Waals surface area contributed by atoms with Gasteiger partial charge in [0.2, 0.25) is 0 Å². The lowest BCUT2D eigenvalue weighted by Gasteiger charge is -2.37. The van der Waals surface area contributed by atoms with E-state index in [1.54, 1.807) is 0 Å². The van der Waals surface area contributed by atoms with Crippen LogP contribution in [-0.4, -0.2) is 31.3 Å². The van der Waals surface area contributed by atoms with E-state index in [0.717, 1.165) is 30.1 Å². The standard InChI is InChI=1S/C16H24O5S/c17-16(21-4-1-5-22(18,19)20)13-8-11-7-12(13)15-10-3-2-9(6-10)14(11)15/h9-15H,1-8H2,(H,18,19,20)/p-1. The molecule has 0 aliphatic heterocycles. The summed E-state index contributed by atoms with van der Waals surface area (Å²) in [5, 5.41) is 0. The Bertz CT molecular complexity index is 571. The molecule has 0 saturated heterocycles. The zero-order chi connectivity index (χ0) is 15.5. The second-order valence-electron chi connectivity index (χ2n) is 7.77. The first-order valence-corrected chi connectivity index (χ1v) is 10.1. The fourth-order valence-electron chi connectivity index (χ4n) is 6.35. The lowest BCUT2D eigenvalue weighted by atomic mass is 9.67. The maximum atomic E-state index is 12.3. The Labute approximate surface area is 131 Å². The molecule has 124 valence electrons. The number of carbonyl (C=O) groups excluding carboxylic acids is 1. The number of hydrogen-bond acceptors (Lipinski definition) is 5. The number of carbonyl (C=O) groups is 1. The SMILES string of the molecule is O=C(OCCCS(=O)(=O)[O-])C1CC2CC1C1C3CCC(C3)C21. The highest BCUT2D eigenvalue weighted by Gasteiger charge is 2.63. The molecule has 7 atom stereocenters. The number of hydrogen-bond donors (Lipinski definition) is 0. The van der Waals surface area contributed by atoms with Crippen LogP contribution in [0, 0.1) is 41.4 Å². The van der Waals surface area contributed by atoms with Crippen molar-refractivity contribution in [1.29, 1.82) is 0 Å². The number of rotatable bonds is 5. The van der Waals surface area contributed by atoms with Gasteiger partial charge in [-0.1, -0.05) is 0 Å². The zero-order valence-electron chi connectivity index (χ0n) is 12.6. The van der Waals surface area contributed by atoms with E-state index in [1.165, 1.54) is 25.7 Å². The molecule has 0 aromatic carbocycles. The summed E-state index contributed by atoms with van der Waals surface area (Å²) >= 11 is 0. The van der Waals surface area contributed by atoms with Gasteiger partial charge in [-0.05, 0) is 74.0 Å². The summed E-state index contributed by atoms with van der Waals surface area (Å²) in [6.45, 7) is 0.0499. The smallest absolute Gasteiger partial charge is 0.309 e. The number of fused-ring (bicyclic) bond motifs is 9. The van der Waals surface area contributed by atoms with Gasteiger partial charge in [0.05, 0.1) is 22.6 Å². The van der Waals surface area contributed by atoms with Gasteiger partial charge in [0.25, 0.3) is 0 Å². The molecule has 0 N–H and O–H groups in total. The molecule has 5 nitrogen and oxygen atoms in total. The van der Waals surface area contributed by atoms with Crippen molar-refractivity contribution < 1.29 is 22.5 Å². The Morgan fingerprint density at radius 2 is 1.77 bits per heavy atom. The molecule has 6 heteroatoms. The van der Waals surface area contributed by atoms with Gasteiger partial charge in [-0.3, -0.25) is 4.79 Å². The third-order valence-electron chi connectivity index (χ3n) is 6.82. The third-order valence-corrected chi connectivity index (χ3v) is 7.61. The van der Waals surface area contributed by atoms with Crippen LogP contribution in [0.25, 0.3) is 0 Å². The minimum Gasteiger partial charge on any atom is -0.748 e. The third kappa shape index (κ3) is 2.39. The Kier molecular flexibility index (Phi) is 3.53. The van der Waals surface area contributed by atoms with E-state index in [0.29, 0.717) is 11.8 Å². The van der Waals surface area contributed by atoms with Crippen molar-refractivity contribution in [3.05, 3.63) is 0 Å². The van der Waals surface area contributed by atoms with Crippen LogP contribution in [0.2, 0.25) is 0 Å².